The number of rotatable bonds is 4. The Morgan fingerprint density at radius 2 is 0.706 bits per heavy atom. The van der Waals surface area contributed by atoms with E-state index in [9.17, 15) is 0 Å². The van der Waals surface area contributed by atoms with Crippen LogP contribution in [0.15, 0.2) is 188 Å². The molecule has 0 N–H and O–H groups in total. The van der Waals surface area contributed by atoms with Crippen molar-refractivity contribution in [3.8, 4) is 28.2 Å². The molecule has 0 amide bonds. The summed E-state index contributed by atoms with van der Waals surface area (Å²) in [6.07, 6.45) is 0. The van der Waals surface area contributed by atoms with Gasteiger partial charge in [0.05, 0.1) is 33.1 Å². The van der Waals surface area contributed by atoms with Gasteiger partial charge in [0.1, 0.15) is 0 Å². The van der Waals surface area contributed by atoms with Gasteiger partial charge in [0, 0.05) is 49.4 Å². The molecule has 3 heteroatoms. The number of benzene rings is 8. The monoisotopic (exact) mass is 649 g/mol. The molecule has 3 nitrogen and oxygen atoms in total. The number of fused-ring (bicyclic) bond motifs is 10. The Morgan fingerprint density at radius 3 is 1.35 bits per heavy atom. The number of aromatic nitrogens is 3. The Morgan fingerprint density at radius 1 is 0.255 bits per heavy atom. The summed E-state index contributed by atoms with van der Waals surface area (Å²) in [6, 6.07) is 68.4. The smallest absolute Gasteiger partial charge is 0.0641 e. The molecule has 11 aromatic rings. The van der Waals surface area contributed by atoms with E-state index in [0.717, 1.165) is 17.1 Å². The molecular formula is C48H31N3. The summed E-state index contributed by atoms with van der Waals surface area (Å²) in [7, 11) is 0. The molecule has 0 radical (unpaired) electrons. The van der Waals surface area contributed by atoms with Crippen molar-refractivity contribution in [1.82, 2.24) is 13.7 Å². The minimum Gasteiger partial charge on any atom is -0.309 e. The van der Waals surface area contributed by atoms with Crippen molar-refractivity contribution in [2.75, 3.05) is 0 Å². The Balaban J connectivity index is 1.21. The van der Waals surface area contributed by atoms with Crippen LogP contribution in [0.5, 0.6) is 0 Å². The van der Waals surface area contributed by atoms with Gasteiger partial charge in [-0.2, -0.15) is 0 Å². The Hall–Kier alpha value is -6.84. The molecule has 0 saturated carbocycles. The molecule has 3 aromatic heterocycles. The summed E-state index contributed by atoms with van der Waals surface area (Å²) in [5.74, 6) is 0. The van der Waals surface area contributed by atoms with Crippen molar-refractivity contribution in [1.29, 1.82) is 0 Å². The summed E-state index contributed by atoms with van der Waals surface area (Å²) in [6.45, 7) is 0. The van der Waals surface area contributed by atoms with Crippen molar-refractivity contribution >= 4 is 65.4 Å². The standard InChI is InChI=1S/C48H31N3/c1-2-14-32(15-3-1)33-16-12-17-34(30-33)51-44-26-10-6-22-39(44)40-28-29-46-47(48(40)51)41-23-7-11-27-45(41)50(46)36-19-13-18-35(31-36)49-42-24-8-4-20-37(42)38-21-5-9-25-43(38)49/h1-31H. The maximum Gasteiger partial charge on any atom is 0.0641 e. The van der Waals surface area contributed by atoms with Crippen molar-refractivity contribution in [2.45, 2.75) is 0 Å². The number of para-hydroxylation sites is 4. The SMILES string of the molecule is c1ccc(-c2cccc(-n3c4ccccc4c4ccc5c(c6ccccc6n5-c5cccc(-n6c7ccccc7c7ccccc76)c5)c43)c2)cc1. The first kappa shape index (κ1) is 28.0. The molecule has 0 unspecified atom stereocenters. The van der Waals surface area contributed by atoms with Gasteiger partial charge in [-0.1, -0.05) is 127 Å². The van der Waals surface area contributed by atoms with Crippen molar-refractivity contribution in [3.63, 3.8) is 0 Å². The third-order valence-electron chi connectivity index (χ3n) is 10.6. The fourth-order valence-corrected chi connectivity index (χ4v) is 8.48. The van der Waals surface area contributed by atoms with Gasteiger partial charge in [0.15, 0.2) is 0 Å². The van der Waals surface area contributed by atoms with Crippen molar-refractivity contribution in [2.24, 2.45) is 0 Å². The average Bonchev–Trinajstić information content (AvgIpc) is 3.84. The molecule has 0 aliphatic rings. The first-order chi connectivity index (χ1) is 25.3. The second-order valence-electron chi connectivity index (χ2n) is 13.4. The van der Waals surface area contributed by atoms with Crippen molar-refractivity contribution < 1.29 is 0 Å². The lowest BCUT2D eigenvalue weighted by atomic mass is 10.0. The van der Waals surface area contributed by atoms with Gasteiger partial charge in [0.25, 0.3) is 0 Å². The zero-order valence-electron chi connectivity index (χ0n) is 27.7. The van der Waals surface area contributed by atoms with Gasteiger partial charge >= 0.3 is 0 Å². The van der Waals surface area contributed by atoms with E-state index in [2.05, 4.69) is 202 Å². The molecule has 0 spiro atoms. The van der Waals surface area contributed by atoms with E-state index in [-0.39, 0.29) is 0 Å². The average molecular weight is 650 g/mol. The Kier molecular flexibility index (Phi) is 5.96. The highest BCUT2D eigenvalue weighted by atomic mass is 15.0. The Bertz CT molecular complexity index is 3080. The fraction of sp³-hybridized carbons (Fsp3) is 0. The molecule has 238 valence electrons. The highest BCUT2D eigenvalue weighted by Crippen LogP contribution is 2.42. The van der Waals surface area contributed by atoms with E-state index in [0.29, 0.717) is 0 Å². The summed E-state index contributed by atoms with van der Waals surface area (Å²) < 4.78 is 7.33. The molecule has 51 heavy (non-hydrogen) atoms. The first-order valence-corrected chi connectivity index (χ1v) is 17.5. The summed E-state index contributed by atoms with van der Waals surface area (Å²) in [4.78, 5) is 0. The number of hydrogen-bond acceptors (Lipinski definition) is 0. The summed E-state index contributed by atoms with van der Waals surface area (Å²) >= 11 is 0. The third-order valence-corrected chi connectivity index (χ3v) is 10.6. The van der Waals surface area contributed by atoms with Crippen LogP contribution < -0.4 is 0 Å². The molecule has 0 aliphatic carbocycles. The van der Waals surface area contributed by atoms with E-state index < -0.39 is 0 Å². The van der Waals surface area contributed by atoms with Gasteiger partial charge < -0.3 is 13.7 Å². The van der Waals surface area contributed by atoms with Gasteiger partial charge in [-0.3, -0.25) is 0 Å². The van der Waals surface area contributed by atoms with Crippen LogP contribution in [0.4, 0.5) is 0 Å². The number of nitrogens with zero attached hydrogens (tertiary/aromatic N) is 3. The second kappa shape index (κ2) is 10.8. The van der Waals surface area contributed by atoms with Crippen LogP contribution in [0.2, 0.25) is 0 Å². The second-order valence-corrected chi connectivity index (χ2v) is 13.4. The van der Waals surface area contributed by atoms with Crippen molar-refractivity contribution in [3.05, 3.63) is 188 Å². The van der Waals surface area contributed by atoms with E-state index in [1.54, 1.807) is 0 Å². The van der Waals surface area contributed by atoms with E-state index in [1.807, 2.05) is 0 Å². The van der Waals surface area contributed by atoms with E-state index in [4.69, 9.17) is 0 Å². The predicted molar refractivity (Wildman–Crippen MR) is 215 cm³/mol. The van der Waals surface area contributed by atoms with Crippen LogP contribution in [-0.2, 0) is 0 Å². The van der Waals surface area contributed by atoms with Crippen LogP contribution in [-0.4, -0.2) is 13.7 Å². The minimum atomic E-state index is 1.13. The van der Waals surface area contributed by atoms with Crippen LogP contribution in [0.1, 0.15) is 0 Å². The van der Waals surface area contributed by atoms with E-state index >= 15 is 0 Å². The zero-order valence-corrected chi connectivity index (χ0v) is 27.7. The molecule has 8 aromatic carbocycles. The zero-order chi connectivity index (χ0) is 33.5. The molecule has 11 rings (SSSR count). The fourth-order valence-electron chi connectivity index (χ4n) is 8.48. The molecule has 0 aliphatic heterocycles. The molecule has 0 bridgehead atoms. The lowest BCUT2D eigenvalue weighted by Crippen LogP contribution is -1.98. The largest absolute Gasteiger partial charge is 0.309 e. The molecule has 0 atom stereocenters. The predicted octanol–water partition coefficient (Wildman–Crippen LogP) is 12.6. The van der Waals surface area contributed by atoms with E-state index in [1.165, 1.54) is 76.5 Å². The van der Waals surface area contributed by atoms with Gasteiger partial charge in [-0.05, 0) is 71.8 Å². The maximum absolute atomic E-state index is 2.48. The first-order valence-electron chi connectivity index (χ1n) is 17.5. The minimum absolute atomic E-state index is 1.13. The molecule has 0 fully saturated rings. The lowest BCUT2D eigenvalue weighted by molar-refractivity contribution is 1.13. The summed E-state index contributed by atoms with van der Waals surface area (Å²) in [5.41, 5.74) is 13.1. The highest BCUT2D eigenvalue weighted by Gasteiger charge is 2.21. The molecular weight excluding hydrogens is 619 g/mol. The maximum atomic E-state index is 2.48. The van der Waals surface area contributed by atoms with Gasteiger partial charge in [0.2, 0.25) is 0 Å². The van der Waals surface area contributed by atoms with Crippen LogP contribution in [0.3, 0.4) is 0 Å². The number of hydrogen-bond donors (Lipinski definition) is 0. The Labute approximate surface area is 294 Å². The highest BCUT2D eigenvalue weighted by molar-refractivity contribution is 6.26. The van der Waals surface area contributed by atoms with Crippen LogP contribution in [0.25, 0.3) is 93.6 Å². The lowest BCUT2D eigenvalue weighted by Gasteiger charge is -2.13. The van der Waals surface area contributed by atoms with Gasteiger partial charge in [-0.25, -0.2) is 0 Å². The molecule has 3 heterocycles. The van der Waals surface area contributed by atoms with Crippen LogP contribution >= 0.6 is 0 Å². The van der Waals surface area contributed by atoms with Crippen LogP contribution in [0, 0.1) is 0 Å². The topological polar surface area (TPSA) is 14.8 Å². The van der Waals surface area contributed by atoms with Gasteiger partial charge in [-0.15, -0.1) is 0 Å². The quantitative estimate of drug-likeness (QED) is 0.180. The third kappa shape index (κ3) is 4.06. The normalized spacial score (nSPS) is 11.9. The summed E-state index contributed by atoms with van der Waals surface area (Å²) in [5, 5.41) is 7.54. The molecule has 0 saturated heterocycles.